The normalized spacial score (nSPS) is 21.5. The third-order valence-electron chi connectivity index (χ3n) is 3.39. The van der Waals surface area contributed by atoms with Crippen LogP contribution in [0.1, 0.15) is 57.3 Å². The van der Waals surface area contributed by atoms with Gasteiger partial charge in [0.2, 0.25) is 0 Å². The van der Waals surface area contributed by atoms with Crippen LogP contribution in [-0.4, -0.2) is 6.61 Å². The van der Waals surface area contributed by atoms with Gasteiger partial charge in [0.25, 0.3) is 0 Å². The van der Waals surface area contributed by atoms with E-state index in [0.29, 0.717) is 0 Å². The molecule has 1 nitrogen and oxygen atoms in total. The van der Waals surface area contributed by atoms with E-state index in [0.717, 1.165) is 13.0 Å². The average Bonchev–Trinajstić information content (AvgIpc) is 2.29. The van der Waals surface area contributed by atoms with Gasteiger partial charge >= 0.3 is 0 Å². The highest BCUT2D eigenvalue weighted by molar-refractivity contribution is 9.10. The SMILES string of the molecule is CC(C)(C)c1ccc(C2CCCCO2)c(Br)c1. The number of benzene rings is 1. The molecule has 1 saturated heterocycles. The summed E-state index contributed by atoms with van der Waals surface area (Å²) in [6, 6.07) is 6.70. The van der Waals surface area contributed by atoms with Crippen LogP contribution in [0.25, 0.3) is 0 Å². The zero-order chi connectivity index (χ0) is 12.5. The Kier molecular flexibility index (Phi) is 3.94. The molecule has 0 aromatic heterocycles. The van der Waals surface area contributed by atoms with Crippen molar-refractivity contribution in [1.82, 2.24) is 0 Å². The molecule has 1 atom stereocenters. The maximum absolute atomic E-state index is 5.84. The van der Waals surface area contributed by atoms with E-state index in [9.17, 15) is 0 Å². The predicted molar refractivity (Wildman–Crippen MR) is 75.4 cm³/mol. The lowest BCUT2D eigenvalue weighted by atomic mass is 9.86. The zero-order valence-corrected chi connectivity index (χ0v) is 12.5. The molecular formula is C15H21BrO. The second-order valence-electron chi connectivity index (χ2n) is 5.84. The van der Waals surface area contributed by atoms with Crippen molar-refractivity contribution in [2.75, 3.05) is 6.61 Å². The summed E-state index contributed by atoms with van der Waals surface area (Å²) in [6.45, 7) is 7.63. The van der Waals surface area contributed by atoms with Crippen molar-refractivity contribution in [3.63, 3.8) is 0 Å². The lowest BCUT2D eigenvalue weighted by molar-refractivity contribution is 0.0145. The summed E-state index contributed by atoms with van der Waals surface area (Å²) in [5, 5.41) is 0. The second kappa shape index (κ2) is 5.11. The fourth-order valence-corrected chi connectivity index (χ4v) is 2.87. The highest BCUT2D eigenvalue weighted by Crippen LogP contribution is 2.35. The van der Waals surface area contributed by atoms with E-state index in [4.69, 9.17) is 4.74 Å². The first-order valence-electron chi connectivity index (χ1n) is 6.40. The van der Waals surface area contributed by atoms with Gasteiger partial charge in [-0.2, -0.15) is 0 Å². The van der Waals surface area contributed by atoms with E-state index in [-0.39, 0.29) is 11.5 Å². The maximum Gasteiger partial charge on any atom is 0.0835 e. The molecule has 1 aliphatic heterocycles. The number of halogens is 1. The maximum atomic E-state index is 5.84. The van der Waals surface area contributed by atoms with Gasteiger partial charge in [-0.25, -0.2) is 0 Å². The van der Waals surface area contributed by atoms with Gasteiger partial charge in [-0.05, 0) is 41.9 Å². The fraction of sp³-hybridized carbons (Fsp3) is 0.600. The Hall–Kier alpha value is -0.340. The third-order valence-corrected chi connectivity index (χ3v) is 4.08. The molecule has 0 bridgehead atoms. The van der Waals surface area contributed by atoms with Crippen LogP contribution < -0.4 is 0 Å². The number of ether oxygens (including phenoxy) is 1. The van der Waals surface area contributed by atoms with Crippen molar-refractivity contribution in [3.05, 3.63) is 33.8 Å². The van der Waals surface area contributed by atoms with E-state index in [1.54, 1.807) is 0 Å². The first-order chi connectivity index (χ1) is 7.98. The van der Waals surface area contributed by atoms with Gasteiger partial charge in [0.1, 0.15) is 0 Å². The average molecular weight is 297 g/mol. The van der Waals surface area contributed by atoms with Gasteiger partial charge in [0, 0.05) is 11.1 Å². The Morgan fingerprint density at radius 1 is 1.24 bits per heavy atom. The fourth-order valence-electron chi connectivity index (χ4n) is 2.24. The number of hydrogen-bond donors (Lipinski definition) is 0. The van der Waals surface area contributed by atoms with Gasteiger partial charge in [0.15, 0.2) is 0 Å². The van der Waals surface area contributed by atoms with E-state index < -0.39 is 0 Å². The first kappa shape index (κ1) is 13.1. The topological polar surface area (TPSA) is 9.23 Å². The van der Waals surface area contributed by atoms with Gasteiger partial charge < -0.3 is 4.74 Å². The molecule has 1 unspecified atom stereocenters. The summed E-state index contributed by atoms with van der Waals surface area (Å²) in [7, 11) is 0. The first-order valence-corrected chi connectivity index (χ1v) is 7.19. The lowest BCUT2D eigenvalue weighted by Gasteiger charge is -2.26. The molecule has 1 aromatic carbocycles. The monoisotopic (exact) mass is 296 g/mol. The summed E-state index contributed by atoms with van der Waals surface area (Å²) in [5.41, 5.74) is 2.87. The molecule has 2 rings (SSSR count). The third kappa shape index (κ3) is 3.11. The summed E-state index contributed by atoms with van der Waals surface area (Å²) < 4.78 is 7.03. The van der Waals surface area contributed by atoms with E-state index in [1.165, 1.54) is 28.4 Å². The minimum absolute atomic E-state index is 0.203. The summed E-state index contributed by atoms with van der Waals surface area (Å²) in [5.74, 6) is 0. The van der Waals surface area contributed by atoms with Crippen LogP contribution in [0.4, 0.5) is 0 Å². The Bertz CT molecular complexity index is 386. The lowest BCUT2D eigenvalue weighted by Crippen LogP contribution is -2.14. The van der Waals surface area contributed by atoms with Crippen molar-refractivity contribution in [2.24, 2.45) is 0 Å². The van der Waals surface area contributed by atoms with Crippen molar-refractivity contribution >= 4 is 15.9 Å². The van der Waals surface area contributed by atoms with Crippen LogP contribution in [0.15, 0.2) is 22.7 Å². The Morgan fingerprint density at radius 2 is 2.00 bits per heavy atom. The highest BCUT2D eigenvalue weighted by Gasteiger charge is 2.20. The molecule has 0 spiro atoms. The molecule has 1 fully saturated rings. The molecule has 94 valence electrons. The molecule has 1 heterocycles. The standard InChI is InChI=1S/C15H21BrO/c1-15(2,3)11-7-8-12(13(16)10-11)14-6-4-5-9-17-14/h7-8,10,14H,4-6,9H2,1-3H3. The van der Waals surface area contributed by atoms with Gasteiger partial charge in [-0.3, -0.25) is 0 Å². The van der Waals surface area contributed by atoms with Crippen molar-refractivity contribution in [2.45, 2.75) is 51.6 Å². The van der Waals surface area contributed by atoms with E-state index >= 15 is 0 Å². The molecule has 1 aliphatic rings. The van der Waals surface area contributed by atoms with Gasteiger partial charge in [-0.15, -0.1) is 0 Å². The van der Waals surface area contributed by atoms with Crippen LogP contribution in [0.3, 0.4) is 0 Å². The highest BCUT2D eigenvalue weighted by atomic mass is 79.9. The number of rotatable bonds is 1. The van der Waals surface area contributed by atoms with Crippen molar-refractivity contribution in [3.8, 4) is 0 Å². The molecule has 0 amide bonds. The summed E-state index contributed by atoms with van der Waals surface area (Å²) in [6.07, 6.45) is 3.91. The molecule has 0 N–H and O–H groups in total. The van der Waals surface area contributed by atoms with Gasteiger partial charge in [0.05, 0.1) is 6.10 Å². The van der Waals surface area contributed by atoms with Crippen LogP contribution >= 0.6 is 15.9 Å². The Balaban J connectivity index is 2.25. The van der Waals surface area contributed by atoms with Crippen molar-refractivity contribution in [1.29, 1.82) is 0 Å². The Labute approximate surface area is 113 Å². The zero-order valence-electron chi connectivity index (χ0n) is 10.9. The molecule has 2 heteroatoms. The molecule has 17 heavy (non-hydrogen) atoms. The molecule has 1 aromatic rings. The van der Waals surface area contributed by atoms with Crippen LogP contribution in [0, 0.1) is 0 Å². The van der Waals surface area contributed by atoms with Crippen molar-refractivity contribution < 1.29 is 4.74 Å². The molecule has 0 radical (unpaired) electrons. The van der Waals surface area contributed by atoms with Crippen LogP contribution in [0.2, 0.25) is 0 Å². The van der Waals surface area contributed by atoms with Crippen LogP contribution in [0.5, 0.6) is 0 Å². The Morgan fingerprint density at radius 3 is 2.53 bits per heavy atom. The minimum Gasteiger partial charge on any atom is -0.373 e. The number of hydrogen-bond acceptors (Lipinski definition) is 1. The summed E-state index contributed by atoms with van der Waals surface area (Å²) >= 11 is 3.70. The predicted octanol–water partition coefficient (Wildman–Crippen LogP) is 4.99. The van der Waals surface area contributed by atoms with E-state index in [1.807, 2.05) is 0 Å². The second-order valence-corrected chi connectivity index (χ2v) is 6.70. The molecular weight excluding hydrogens is 276 g/mol. The largest absolute Gasteiger partial charge is 0.373 e. The van der Waals surface area contributed by atoms with E-state index in [2.05, 4.69) is 54.9 Å². The minimum atomic E-state index is 0.203. The van der Waals surface area contributed by atoms with Crippen LogP contribution in [-0.2, 0) is 10.2 Å². The molecule has 0 saturated carbocycles. The quantitative estimate of drug-likeness (QED) is 0.709. The molecule has 0 aliphatic carbocycles. The smallest absolute Gasteiger partial charge is 0.0835 e. The van der Waals surface area contributed by atoms with Gasteiger partial charge in [-0.1, -0.05) is 48.8 Å². The summed E-state index contributed by atoms with van der Waals surface area (Å²) in [4.78, 5) is 0.